The Morgan fingerprint density at radius 2 is 1.88 bits per heavy atom. The first-order chi connectivity index (χ1) is 12.8. The zero-order valence-corrected chi connectivity index (χ0v) is 15.0. The predicted molar refractivity (Wildman–Crippen MR) is 103 cm³/mol. The molecule has 1 aromatic carbocycles. The Morgan fingerprint density at radius 1 is 1.08 bits per heavy atom. The van der Waals surface area contributed by atoms with E-state index in [2.05, 4.69) is 56.2 Å². The van der Waals surface area contributed by atoms with E-state index in [1.807, 2.05) is 28.8 Å². The van der Waals surface area contributed by atoms with Gasteiger partial charge in [0.2, 0.25) is 0 Å². The topological polar surface area (TPSA) is 66.6 Å². The molecule has 0 atom stereocenters. The van der Waals surface area contributed by atoms with Gasteiger partial charge in [0.15, 0.2) is 17.4 Å². The van der Waals surface area contributed by atoms with Crippen LogP contribution < -0.4 is 10.6 Å². The summed E-state index contributed by atoms with van der Waals surface area (Å²) in [7, 11) is 1.80. The number of aliphatic imine (C=N–C) groups is 1. The number of aromatic nitrogens is 3. The van der Waals surface area contributed by atoms with E-state index in [9.17, 15) is 0 Å². The van der Waals surface area contributed by atoms with Crippen molar-refractivity contribution < 1.29 is 0 Å². The Balaban J connectivity index is 1.39. The fourth-order valence-electron chi connectivity index (χ4n) is 3.61. The van der Waals surface area contributed by atoms with E-state index in [1.54, 1.807) is 7.05 Å². The maximum Gasteiger partial charge on any atom is 0.191 e. The zero-order chi connectivity index (χ0) is 17.8. The van der Waals surface area contributed by atoms with Crippen LogP contribution in [0.2, 0.25) is 0 Å². The summed E-state index contributed by atoms with van der Waals surface area (Å²) in [6.45, 7) is 1.46. The number of pyridine rings is 1. The highest BCUT2D eigenvalue weighted by Crippen LogP contribution is 2.43. The minimum absolute atomic E-state index is 0.223. The number of nitrogens with zero attached hydrogens (tertiary/aromatic N) is 4. The Hall–Kier alpha value is -2.89. The molecule has 0 amide bonds. The van der Waals surface area contributed by atoms with Gasteiger partial charge in [-0.3, -0.25) is 9.39 Å². The lowest BCUT2D eigenvalue weighted by atomic mass is 9.64. The highest BCUT2D eigenvalue weighted by Gasteiger charge is 2.38. The molecule has 0 bridgehead atoms. The zero-order valence-electron chi connectivity index (χ0n) is 15.0. The summed E-state index contributed by atoms with van der Waals surface area (Å²) < 4.78 is 1.98. The molecule has 6 nitrogen and oxygen atoms in total. The van der Waals surface area contributed by atoms with Crippen molar-refractivity contribution in [3.8, 4) is 0 Å². The molecule has 6 heteroatoms. The number of hydrogen-bond donors (Lipinski definition) is 2. The average molecular weight is 348 g/mol. The maximum atomic E-state index is 4.36. The summed E-state index contributed by atoms with van der Waals surface area (Å²) in [4.78, 5) is 4.36. The maximum absolute atomic E-state index is 4.36. The van der Waals surface area contributed by atoms with Crippen LogP contribution in [0.25, 0.3) is 5.65 Å². The molecule has 0 radical (unpaired) electrons. The van der Waals surface area contributed by atoms with Crippen molar-refractivity contribution in [3.05, 3.63) is 66.1 Å². The largest absolute Gasteiger partial charge is 0.356 e. The van der Waals surface area contributed by atoms with E-state index < -0.39 is 0 Å². The Morgan fingerprint density at radius 3 is 2.62 bits per heavy atom. The van der Waals surface area contributed by atoms with E-state index >= 15 is 0 Å². The quantitative estimate of drug-likeness (QED) is 0.549. The number of benzene rings is 1. The van der Waals surface area contributed by atoms with Gasteiger partial charge in [-0.05, 0) is 30.5 Å². The molecule has 1 fully saturated rings. The minimum atomic E-state index is 0.223. The third-order valence-corrected chi connectivity index (χ3v) is 5.31. The van der Waals surface area contributed by atoms with E-state index in [1.165, 1.54) is 24.8 Å². The van der Waals surface area contributed by atoms with E-state index in [-0.39, 0.29) is 5.41 Å². The fraction of sp³-hybridized carbons (Fsp3) is 0.350. The van der Waals surface area contributed by atoms with E-state index in [0.717, 1.165) is 24.0 Å². The van der Waals surface area contributed by atoms with Gasteiger partial charge in [-0.2, -0.15) is 0 Å². The van der Waals surface area contributed by atoms with Crippen LogP contribution in [-0.4, -0.2) is 34.2 Å². The van der Waals surface area contributed by atoms with Crippen LogP contribution in [0.15, 0.2) is 59.7 Å². The summed E-state index contributed by atoms with van der Waals surface area (Å²) in [5.41, 5.74) is 2.49. The van der Waals surface area contributed by atoms with Gasteiger partial charge in [0.1, 0.15) is 0 Å². The van der Waals surface area contributed by atoms with Gasteiger partial charge in [-0.1, -0.05) is 42.8 Å². The SMILES string of the molecule is CN=C(NCc1nnc2ccccn12)NCC1(c2ccccc2)CCC1. The van der Waals surface area contributed by atoms with Crippen molar-refractivity contribution in [1.29, 1.82) is 0 Å². The lowest BCUT2D eigenvalue weighted by Gasteiger charge is -2.43. The van der Waals surface area contributed by atoms with Gasteiger partial charge in [-0.15, -0.1) is 10.2 Å². The lowest BCUT2D eigenvalue weighted by Crippen LogP contribution is -2.48. The second-order valence-electron chi connectivity index (χ2n) is 6.82. The van der Waals surface area contributed by atoms with Crippen molar-refractivity contribution in [3.63, 3.8) is 0 Å². The van der Waals surface area contributed by atoms with Crippen LogP contribution in [0.1, 0.15) is 30.7 Å². The van der Waals surface area contributed by atoms with Crippen LogP contribution >= 0.6 is 0 Å². The molecule has 1 aliphatic carbocycles. The highest BCUT2D eigenvalue weighted by atomic mass is 15.3. The van der Waals surface area contributed by atoms with Crippen molar-refractivity contribution >= 4 is 11.6 Å². The van der Waals surface area contributed by atoms with Crippen molar-refractivity contribution in [2.75, 3.05) is 13.6 Å². The molecule has 2 aromatic heterocycles. The van der Waals surface area contributed by atoms with Crippen molar-refractivity contribution in [2.24, 2.45) is 4.99 Å². The average Bonchev–Trinajstić information content (AvgIpc) is 3.07. The molecule has 1 saturated carbocycles. The molecule has 3 aromatic rings. The summed E-state index contributed by atoms with van der Waals surface area (Å²) >= 11 is 0. The van der Waals surface area contributed by atoms with Crippen LogP contribution in [0.5, 0.6) is 0 Å². The smallest absolute Gasteiger partial charge is 0.191 e. The molecule has 26 heavy (non-hydrogen) atoms. The van der Waals surface area contributed by atoms with Crippen LogP contribution in [0.4, 0.5) is 0 Å². The highest BCUT2D eigenvalue weighted by molar-refractivity contribution is 5.79. The summed E-state index contributed by atoms with van der Waals surface area (Å²) in [6, 6.07) is 16.7. The molecule has 0 saturated heterocycles. The molecule has 0 spiro atoms. The third kappa shape index (κ3) is 3.14. The first kappa shape index (κ1) is 16.6. The van der Waals surface area contributed by atoms with Gasteiger partial charge in [0.25, 0.3) is 0 Å². The summed E-state index contributed by atoms with van der Waals surface area (Å²) in [5, 5.41) is 15.3. The number of nitrogens with one attached hydrogen (secondary N) is 2. The fourth-order valence-corrected chi connectivity index (χ4v) is 3.61. The van der Waals surface area contributed by atoms with Crippen LogP contribution in [0, 0.1) is 0 Å². The molecular weight excluding hydrogens is 324 g/mol. The third-order valence-electron chi connectivity index (χ3n) is 5.31. The van der Waals surface area contributed by atoms with Gasteiger partial charge in [0, 0.05) is 25.2 Å². The molecule has 1 aliphatic rings. The van der Waals surface area contributed by atoms with Gasteiger partial charge < -0.3 is 10.6 Å². The summed E-state index contributed by atoms with van der Waals surface area (Å²) in [6.07, 6.45) is 5.70. The molecular formula is C20H24N6. The monoisotopic (exact) mass is 348 g/mol. The first-order valence-corrected chi connectivity index (χ1v) is 9.09. The minimum Gasteiger partial charge on any atom is -0.356 e. The van der Waals surface area contributed by atoms with Gasteiger partial charge in [0.05, 0.1) is 6.54 Å². The number of fused-ring (bicyclic) bond motifs is 1. The normalized spacial score (nSPS) is 16.3. The molecule has 4 rings (SSSR count). The Kier molecular flexibility index (Phi) is 4.56. The molecule has 0 aliphatic heterocycles. The van der Waals surface area contributed by atoms with Crippen LogP contribution in [-0.2, 0) is 12.0 Å². The first-order valence-electron chi connectivity index (χ1n) is 9.09. The Labute approximate surface area is 153 Å². The lowest BCUT2D eigenvalue weighted by molar-refractivity contribution is 0.244. The number of guanidine groups is 1. The standard InChI is InChI=1S/C20H24N6/c1-21-19(22-14-18-25-24-17-10-5-6-13-26(17)18)23-15-20(11-7-12-20)16-8-3-2-4-9-16/h2-6,8-10,13H,7,11-12,14-15H2,1H3,(H2,21,22,23). The predicted octanol–water partition coefficient (Wildman–Crippen LogP) is 2.52. The number of hydrogen-bond acceptors (Lipinski definition) is 3. The second-order valence-corrected chi connectivity index (χ2v) is 6.82. The Bertz CT molecular complexity index is 895. The second kappa shape index (κ2) is 7.15. The van der Waals surface area contributed by atoms with Crippen LogP contribution in [0.3, 0.4) is 0 Å². The van der Waals surface area contributed by atoms with Crippen molar-refractivity contribution in [2.45, 2.75) is 31.2 Å². The summed E-state index contributed by atoms with van der Waals surface area (Å²) in [5.74, 6) is 1.66. The molecule has 134 valence electrons. The van der Waals surface area contributed by atoms with Crippen molar-refractivity contribution in [1.82, 2.24) is 25.2 Å². The van der Waals surface area contributed by atoms with Gasteiger partial charge >= 0.3 is 0 Å². The van der Waals surface area contributed by atoms with E-state index in [4.69, 9.17) is 0 Å². The molecule has 2 N–H and O–H groups in total. The molecule has 0 unspecified atom stereocenters. The van der Waals surface area contributed by atoms with E-state index in [0.29, 0.717) is 6.54 Å². The molecule has 2 heterocycles. The number of rotatable bonds is 5. The van der Waals surface area contributed by atoms with Gasteiger partial charge in [-0.25, -0.2) is 0 Å².